The fourth-order valence-corrected chi connectivity index (χ4v) is 0.260. The topological polar surface area (TPSA) is 56.3 Å². The van der Waals surface area contributed by atoms with Gasteiger partial charge in [-0.05, 0) is 6.92 Å². The Hall–Kier alpha value is -0.370. The van der Waals surface area contributed by atoms with Crippen molar-refractivity contribution >= 4 is 0 Å². The van der Waals surface area contributed by atoms with Crippen LogP contribution in [0.2, 0.25) is 0 Å². The van der Waals surface area contributed by atoms with Gasteiger partial charge in [-0.1, -0.05) is 0 Å². The summed E-state index contributed by atoms with van der Waals surface area (Å²) < 4.78 is 34.4. The zero-order chi connectivity index (χ0) is 8.20. The summed E-state index contributed by atoms with van der Waals surface area (Å²) >= 11 is 0. The first-order valence-corrected chi connectivity index (χ1v) is 2.45. The third-order valence-electron chi connectivity index (χ3n) is 1.08. The molecule has 0 rings (SSSR count). The molecule has 1 unspecified atom stereocenters. The van der Waals surface area contributed by atoms with Crippen molar-refractivity contribution in [1.29, 1.82) is 0 Å². The first-order valence-electron chi connectivity index (χ1n) is 2.45. The van der Waals surface area contributed by atoms with Crippen molar-refractivity contribution < 1.29 is 18.6 Å². The van der Waals surface area contributed by atoms with Crippen LogP contribution in [0.1, 0.15) is 6.92 Å². The smallest absolute Gasteiger partial charge is 0.242 e. The second-order valence-corrected chi connectivity index (χ2v) is 1.79. The summed E-state index contributed by atoms with van der Waals surface area (Å²) in [6.07, 6.45) is 0. The average molecular weight is 159 g/mol. The number of halogens is 3. The number of hydrogen-bond acceptors (Lipinski definition) is 4. The summed E-state index contributed by atoms with van der Waals surface area (Å²) in [7, 11) is 0. The van der Waals surface area contributed by atoms with E-state index in [9.17, 15) is 13.4 Å². The highest BCUT2D eigenvalue weighted by atomic mass is 19.2. The van der Waals surface area contributed by atoms with Crippen LogP contribution in [0, 0.1) is 0 Å². The number of aliphatic hydroxyl groups is 1. The van der Waals surface area contributed by atoms with Crippen molar-refractivity contribution in [3.63, 3.8) is 0 Å². The average Bonchev–Trinajstić information content (AvgIpc) is 2.01. The maximum absolute atomic E-state index is 11.5. The zero-order valence-electron chi connectivity index (χ0n) is 5.16. The molecule has 0 amide bonds. The van der Waals surface area contributed by atoms with Gasteiger partial charge in [0.25, 0.3) is 0 Å². The minimum Gasteiger partial charge on any atom is -0.358 e. The summed E-state index contributed by atoms with van der Waals surface area (Å²) in [5.41, 5.74) is 2.24. The van der Waals surface area contributed by atoms with Gasteiger partial charge in [0.2, 0.25) is 5.85 Å². The van der Waals surface area contributed by atoms with Crippen LogP contribution in [0.5, 0.6) is 0 Å². The van der Waals surface area contributed by atoms with Crippen LogP contribution in [0.4, 0.5) is 13.4 Å². The quantitative estimate of drug-likeness (QED) is 0.328. The Balaban J connectivity index is 4.02. The second-order valence-electron chi connectivity index (χ2n) is 1.79. The van der Waals surface area contributed by atoms with Crippen molar-refractivity contribution in [1.82, 2.24) is 16.6 Å². The van der Waals surface area contributed by atoms with Crippen LogP contribution in [0.25, 0.3) is 0 Å². The van der Waals surface area contributed by atoms with Gasteiger partial charge in [-0.25, -0.2) is 0 Å². The Bertz CT molecular complexity index is 99.0. The largest absolute Gasteiger partial charge is 0.358 e. The highest BCUT2D eigenvalue weighted by Crippen LogP contribution is 2.02. The van der Waals surface area contributed by atoms with Crippen LogP contribution < -0.4 is 16.6 Å². The molecule has 0 fully saturated rings. The minimum atomic E-state index is -2.73. The van der Waals surface area contributed by atoms with E-state index in [1.54, 1.807) is 0 Å². The molecular weight excluding hydrogens is 151 g/mol. The highest BCUT2D eigenvalue weighted by molar-refractivity contribution is 4.75. The van der Waals surface area contributed by atoms with Crippen LogP contribution in [0.3, 0.4) is 0 Å². The van der Waals surface area contributed by atoms with E-state index < -0.39 is 11.9 Å². The number of nitrogens with one attached hydrogen (secondary N) is 3. The first kappa shape index (κ1) is 9.63. The van der Waals surface area contributed by atoms with E-state index >= 15 is 0 Å². The van der Waals surface area contributed by atoms with Crippen molar-refractivity contribution in [3.05, 3.63) is 0 Å². The van der Waals surface area contributed by atoms with Crippen molar-refractivity contribution in [2.75, 3.05) is 0 Å². The summed E-state index contributed by atoms with van der Waals surface area (Å²) in [5.74, 6) is -2.73. The standard InChI is InChI=1S/C3H8F3N3O/c1-2(7-4)3(10,8-5)9-6/h2,7-10H,1H3. The van der Waals surface area contributed by atoms with E-state index in [2.05, 4.69) is 0 Å². The molecular formula is C3H8F3N3O. The Kier molecular flexibility index (Phi) is 3.58. The molecule has 0 aliphatic heterocycles. The lowest BCUT2D eigenvalue weighted by Crippen LogP contribution is -2.61. The van der Waals surface area contributed by atoms with Gasteiger partial charge < -0.3 is 5.11 Å². The lowest BCUT2D eigenvalue weighted by Gasteiger charge is -2.25. The molecule has 62 valence electrons. The Morgan fingerprint density at radius 2 is 1.70 bits per heavy atom. The minimum absolute atomic E-state index is 0.646. The summed E-state index contributed by atoms with van der Waals surface area (Å²) in [6, 6.07) is -1.46. The Labute approximate surface area is 55.2 Å². The van der Waals surface area contributed by atoms with Crippen LogP contribution in [-0.2, 0) is 0 Å². The molecule has 0 heterocycles. The van der Waals surface area contributed by atoms with Crippen LogP contribution in [-0.4, -0.2) is 17.0 Å². The van der Waals surface area contributed by atoms with Crippen molar-refractivity contribution in [3.8, 4) is 0 Å². The van der Waals surface area contributed by atoms with Gasteiger partial charge >= 0.3 is 0 Å². The molecule has 0 aromatic heterocycles. The number of rotatable bonds is 4. The maximum Gasteiger partial charge on any atom is 0.242 e. The van der Waals surface area contributed by atoms with Gasteiger partial charge in [0.15, 0.2) is 0 Å². The Morgan fingerprint density at radius 3 is 1.80 bits per heavy atom. The van der Waals surface area contributed by atoms with E-state index in [-0.39, 0.29) is 0 Å². The van der Waals surface area contributed by atoms with Gasteiger partial charge in [0.05, 0.1) is 6.04 Å². The van der Waals surface area contributed by atoms with Gasteiger partial charge in [-0.2, -0.15) is 5.54 Å². The van der Waals surface area contributed by atoms with Gasteiger partial charge in [0, 0.05) is 0 Å². The molecule has 7 heteroatoms. The molecule has 0 saturated carbocycles. The van der Waals surface area contributed by atoms with E-state index in [1.807, 2.05) is 0 Å². The molecule has 0 aliphatic rings. The third kappa shape index (κ3) is 1.81. The fourth-order valence-electron chi connectivity index (χ4n) is 0.260. The SMILES string of the molecule is CC(NF)C(O)(NF)NF. The molecule has 4 nitrogen and oxygen atoms in total. The molecule has 0 radical (unpaired) electrons. The normalized spacial score (nSPS) is 15.3. The third-order valence-corrected chi connectivity index (χ3v) is 1.08. The lowest BCUT2D eigenvalue weighted by atomic mass is 10.2. The van der Waals surface area contributed by atoms with Gasteiger partial charge in [0.1, 0.15) is 0 Å². The molecule has 0 bridgehead atoms. The summed E-state index contributed by atoms with van der Waals surface area (Å²) in [6.45, 7) is 1.03. The maximum atomic E-state index is 11.5. The predicted molar refractivity (Wildman–Crippen MR) is 27.1 cm³/mol. The fraction of sp³-hybridized carbons (Fsp3) is 1.00. The lowest BCUT2D eigenvalue weighted by molar-refractivity contribution is -0.148. The summed E-state index contributed by atoms with van der Waals surface area (Å²) in [4.78, 5) is 0. The molecule has 0 aliphatic carbocycles. The molecule has 0 saturated heterocycles. The zero-order valence-corrected chi connectivity index (χ0v) is 5.16. The Morgan fingerprint density at radius 1 is 1.30 bits per heavy atom. The molecule has 0 aromatic rings. The van der Waals surface area contributed by atoms with Gasteiger partial charge in [-0.15, -0.1) is 24.5 Å². The molecule has 0 aromatic carbocycles. The van der Waals surface area contributed by atoms with Gasteiger partial charge in [-0.3, -0.25) is 0 Å². The summed E-state index contributed by atoms with van der Waals surface area (Å²) in [5, 5.41) is 8.62. The van der Waals surface area contributed by atoms with E-state index in [4.69, 9.17) is 5.11 Å². The predicted octanol–water partition coefficient (Wildman–Crippen LogP) is -0.557. The second kappa shape index (κ2) is 3.71. The van der Waals surface area contributed by atoms with E-state index in [0.717, 1.165) is 12.5 Å². The van der Waals surface area contributed by atoms with E-state index in [0.29, 0.717) is 11.1 Å². The van der Waals surface area contributed by atoms with E-state index in [1.165, 1.54) is 0 Å². The molecule has 0 spiro atoms. The first-order chi connectivity index (χ1) is 4.60. The van der Waals surface area contributed by atoms with Crippen LogP contribution in [0.15, 0.2) is 0 Å². The molecule has 4 N–H and O–H groups in total. The molecule has 1 atom stereocenters. The van der Waals surface area contributed by atoms with Crippen LogP contribution >= 0.6 is 0 Å². The number of hydrogen-bond donors (Lipinski definition) is 4. The van der Waals surface area contributed by atoms with Crippen molar-refractivity contribution in [2.24, 2.45) is 0 Å². The monoisotopic (exact) mass is 159 g/mol. The highest BCUT2D eigenvalue weighted by Gasteiger charge is 2.34. The van der Waals surface area contributed by atoms with Crippen molar-refractivity contribution in [2.45, 2.75) is 18.8 Å². The molecule has 10 heavy (non-hydrogen) atoms.